The van der Waals surface area contributed by atoms with Crippen LogP contribution >= 0.6 is 0 Å². The number of hydrogen-bond donors (Lipinski definition) is 1. The fourth-order valence-corrected chi connectivity index (χ4v) is 4.60. The minimum absolute atomic E-state index is 0.0400. The van der Waals surface area contributed by atoms with Gasteiger partial charge in [0.15, 0.2) is 0 Å². The van der Waals surface area contributed by atoms with Crippen molar-refractivity contribution in [1.29, 1.82) is 0 Å². The average molecular weight is 415 g/mol. The highest BCUT2D eigenvalue weighted by Gasteiger charge is 2.28. The van der Waals surface area contributed by atoms with Crippen LogP contribution in [0.25, 0.3) is 0 Å². The molecule has 0 radical (unpaired) electrons. The molecule has 0 saturated heterocycles. The Labute approximate surface area is 163 Å². The van der Waals surface area contributed by atoms with Crippen LogP contribution in [0.5, 0.6) is 0 Å². The maximum atomic E-state index is 11.9. The summed E-state index contributed by atoms with van der Waals surface area (Å²) in [5.41, 5.74) is 0. The lowest BCUT2D eigenvalue weighted by atomic mass is 10.1. The van der Waals surface area contributed by atoms with Crippen LogP contribution in [0.3, 0.4) is 0 Å². The molecule has 158 valence electrons. The maximum absolute atomic E-state index is 11.9. The second-order valence-corrected chi connectivity index (χ2v) is 9.90. The molecule has 1 unspecified atom stereocenters. The summed E-state index contributed by atoms with van der Waals surface area (Å²) in [6.45, 7) is 3.23. The summed E-state index contributed by atoms with van der Waals surface area (Å²) in [7, 11) is -1.23. The van der Waals surface area contributed by atoms with E-state index in [4.69, 9.17) is 9.29 Å². The molecule has 0 rings (SSSR count). The molecule has 0 fully saturated rings. The van der Waals surface area contributed by atoms with Crippen LogP contribution in [0.4, 0.5) is 0 Å². The van der Waals surface area contributed by atoms with Crippen molar-refractivity contribution < 1.29 is 21.9 Å². The SMILES string of the molecule is CCCCCCCCCCCCOCCCN(S(=O)O)S(=O)(=O)N(C)C. The zero-order valence-corrected chi connectivity index (χ0v) is 18.3. The molecule has 0 heterocycles. The topological polar surface area (TPSA) is 87.1 Å². The smallest absolute Gasteiger partial charge is 0.294 e. The predicted molar refractivity (Wildman–Crippen MR) is 107 cm³/mol. The van der Waals surface area contributed by atoms with Crippen LogP contribution < -0.4 is 0 Å². The summed E-state index contributed by atoms with van der Waals surface area (Å²) in [6, 6.07) is 0. The minimum Gasteiger partial charge on any atom is -0.381 e. The van der Waals surface area contributed by atoms with Crippen LogP contribution in [0, 0.1) is 0 Å². The molecule has 0 aromatic rings. The number of unbranched alkanes of at least 4 members (excludes halogenated alkanes) is 9. The molecule has 0 amide bonds. The largest absolute Gasteiger partial charge is 0.381 e. The van der Waals surface area contributed by atoms with Crippen molar-refractivity contribution in [2.45, 2.75) is 77.6 Å². The van der Waals surface area contributed by atoms with Crippen LogP contribution in [0.15, 0.2) is 0 Å². The molecule has 9 heteroatoms. The third-order valence-corrected chi connectivity index (χ3v) is 7.26. The zero-order valence-electron chi connectivity index (χ0n) is 16.7. The first-order chi connectivity index (χ1) is 12.3. The lowest BCUT2D eigenvalue weighted by Gasteiger charge is -2.21. The summed E-state index contributed by atoms with van der Waals surface area (Å²) in [5.74, 6) is 0. The predicted octanol–water partition coefficient (Wildman–Crippen LogP) is 3.56. The Morgan fingerprint density at radius 1 is 0.846 bits per heavy atom. The second kappa shape index (κ2) is 15.9. The van der Waals surface area contributed by atoms with Crippen molar-refractivity contribution in [1.82, 2.24) is 8.02 Å². The number of ether oxygens (including phenoxy) is 1. The first-order valence-electron chi connectivity index (χ1n) is 9.73. The summed E-state index contributed by atoms with van der Waals surface area (Å²) in [6.07, 6.45) is 13.1. The van der Waals surface area contributed by atoms with Crippen LogP contribution in [-0.4, -0.2) is 59.0 Å². The van der Waals surface area contributed by atoms with E-state index in [2.05, 4.69) is 6.92 Å². The second-order valence-electron chi connectivity index (χ2n) is 6.70. The Bertz CT molecular complexity index is 458. The highest BCUT2D eigenvalue weighted by atomic mass is 32.3. The molecule has 1 N–H and O–H groups in total. The number of rotatable bonds is 18. The lowest BCUT2D eigenvalue weighted by Crippen LogP contribution is -2.41. The fourth-order valence-electron chi connectivity index (χ4n) is 2.55. The van der Waals surface area contributed by atoms with Gasteiger partial charge in [0.2, 0.25) is 11.3 Å². The highest BCUT2D eigenvalue weighted by Crippen LogP contribution is 2.11. The molecule has 0 saturated carbocycles. The number of hydrogen-bond acceptors (Lipinski definition) is 4. The Kier molecular flexibility index (Phi) is 15.9. The van der Waals surface area contributed by atoms with Gasteiger partial charge in [-0.1, -0.05) is 68.4 Å². The van der Waals surface area contributed by atoms with Gasteiger partial charge in [0.25, 0.3) is 10.2 Å². The summed E-state index contributed by atoms with van der Waals surface area (Å²) >= 11 is -2.56. The molecule has 0 aromatic heterocycles. The summed E-state index contributed by atoms with van der Waals surface area (Å²) in [4.78, 5) is 0. The third kappa shape index (κ3) is 12.3. The van der Waals surface area contributed by atoms with Gasteiger partial charge in [-0.3, -0.25) is 4.55 Å². The summed E-state index contributed by atoms with van der Waals surface area (Å²) in [5, 5.41) is 0. The molecule has 0 bridgehead atoms. The van der Waals surface area contributed by atoms with Gasteiger partial charge >= 0.3 is 0 Å². The van der Waals surface area contributed by atoms with Crippen molar-refractivity contribution in [3.8, 4) is 0 Å². The van der Waals surface area contributed by atoms with Gasteiger partial charge in [-0.15, -0.1) is 0 Å². The van der Waals surface area contributed by atoms with E-state index in [1.165, 1.54) is 65.5 Å². The van der Waals surface area contributed by atoms with Crippen molar-refractivity contribution in [3.63, 3.8) is 0 Å². The van der Waals surface area contributed by atoms with E-state index in [0.29, 0.717) is 23.3 Å². The number of nitrogens with zero attached hydrogens (tertiary/aromatic N) is 2. The first-order valence-corrected chi connectivity index (χ1v) is 12.2. The highest BCUT2D eigenvalue weighted by molar-refractivity contribution is 7.97. The van der Waals surface area contributed by atoms with E-state index in [9.17, 15) is 12.6 Å². The molecule has 0 aliphatic carbocycles. The molecule has 26 heavy (non-hydrogen) atoms. The van der Waals surface area contributed by atoms with Gasteiger partial charge in [0.1, 0.15) is 0 Å². The standard InChI is InChI=1S/C17H38N2O5S2/c1-4-5-6-7-8-9-10-11-12-13-16-24-17-14-15-19(25(20)21)26(22,23)18(2)3/h4-17H2,1-3H3,(H,20,21). The van der Waals surface area contributed by atoms with E-state index < -0.39 is 21.5 Å². The minimum atomic E-state index is -3.90. The Balaban J connectivity index is 3.59. The van der Waals surface area contributed by atoms with Crippen molar-refractivity contribution in [2.24, 2.45) is 0 Å². The van der Waals surface area contributed by atoms with Crippen LogP contribution in [0.1, 0.15) is 77.6 Å². The fraction of sp³-hybridized carbons (Fsp3) is 1.00. The molecule has 0 aliphatic rings. The van der Waals surface area contributed by atoms with Gasteiger partial charge in [-0.05, 0) is 12.8 Å². The lowest BCUT2D eigenvalue weighted by molar-refractivity contribution is 0.126. The maximum Gasteiger partial charge on any atom is 0.294 e. The molecular weight excluding hydrogens is 376 g/mol. The van der Waals surface area contributed by atoms with Gasteiger partial charge < -0.3 is 4.74 Å². The molecule has 0 aromatic carbocycles. The molecular formula is C17H38N2O5S2. The Morgan fingerprint density at radius 2 is 1.31 bits per heavy atom. The summed E-state index contributed by atoms with van der Waals surface area (Å²) < 4.78 is 51.1. The first kappa shape index (κ1) is 25.9. The normalized spacial score (nSPS) is 13.6. The monoisotopic (exact) mass is 414 g/mol. The van der Waals surface area contributed by atoms with Crippen LogP contribution in [-0.2, 0) is 26.2 Å². The van der Waals surface area contributed by atoms with Gasteiger partial charge in [-0.2, -0.15) is 12.7 Å². The van der Waals surface area contributed by atoms with E-state index in [1.807, 2.05) is 0 Å². The van der Waals surface area contributed by atoms with Gasteiger partial charge in [0.05, 0.1) is 0 Å². The Hall–Kier alpha value is -0.0600. The molecule has 1 atom stereocenters. The van der Waals surface area contributed by atoms with E-state index >= 15 is 0 Å². The van der Waals surface area contributed by atoms with E-state index in [0.717, 1.165) is 17.1 Å². The van der Waals surface area contributed by atoms with Crippen molar-refractivity contribution >= 4 is 21.5 Å². The molecule has 0 spiro atoms. The van der Waals surface area contributed by atoms with E-state index in [-0.39, 0.29) is 6.54 Å². The van der Waals surface area contributed by atoms with Gasteiger partial charge in [0, 0.05) is 33.9 Å². The Morgan fingerprint density at radius 3 is 1.77 bits per heavy atom. The van der Waals surface area contributed by atoms with Crippen molar-refractivity contribution in [2.75, 3.05) is 33.9 Å². The van der Waals surface area contributed by atoms with Crippen LogP contribution in [0.2, 0.25) is 0 Å². The average Bonchev–Trinajstić information content (AvgIpc) is 2.57. The zero-order chi connectivity index (χ0) is 19.8. The quantitative estimate of drug-likeness (QED) is 0.274. The molecule has 7 nitrogen and oxygen atoms in total. The van der Waals surface area contributed by atoms with Crippen molar-refractivity contribution in [3.05, 3.63) is 0 Å². The molecule has 0 aliphatic heterocycles. The third-order valence-electron chi connectivity index (χ3n) is 4.16. The van der Waals surface area contributed by atoms with Gasteiger partial charge in [-0.25, -0.2) is 4.21 Å². The van der Waals surface area contributed by atoms with E-state index in [1.54, 1.807) is 0 Å².